The fourth-order valence-electron chi connectivity index (χ4n) is 2.02. The lowest BCUT2D eigenvalue weighted by Crippen LogP contribution is -2.38. The molecular weight excluding hydrogens is 134 g/mol. The second kappa shape index (κ2) is 4.10. The van der Waals surface area contributed by atoms with E-state index in [0.717, 1.165) is 12.0 Å². The van der Waals surface area contributed by atoms with Crippen molar-refractivity contribution in [1.29, 1.82) is 0 Å². The first-order valence-electron chi connectivity index (χ1n) is 4.94. The van der Waals surface area contributed by atoms with Crippen LogP contribution in [0.4, 0.5) is 0 Å². The number of hydrogen-bond acceptors (Lipinski definition) is 1. The molecule has 0 spiro atoms. The third kappa shape index (κ3) is 2.48. The van der Waals surface area contributed by atoms with Crippen molar-refractivity contribution in [3.8, 4) is 0 Å². The van der Waals surface area contributed by atoms with Gasteiger partial charge in [0.15, 0.2) is 0 Å². The van der Waals surface area contributed by atoms with Gasteiger partial charge in [0.25, 0.3) is 0 Å². The topological polar surface area (TPSA) is 3.24 Å². The summed E-state index contributed by atoms with van der Waals surface area (Å²) in [5.74, 6) is 0.987. The van der Waals surface area contributed by atoms with Gasteiger partial charge in [0.05, 0.1) is 0 Å². The lowest BCUT2D eigenvalue weighted by atomic mass is 9.91. The summed E-state index contributed by atoms with van der Waals surface area (Å²) in [5.41, 5.74) is 0. The quantitative estimate of drug-likeness (QED) is 0.592. The zero-order valence-electron chi connectivity index (χ0n) is 8.14. The highest BCUT2D eigenvalue weighted by Gasteiger charge is 2.21. The Kier molecular flexibility index (Phi) is 3.38. The van der Waals surface area contributed by atoms with Crippen LogP contribution < -0.4 is 0 Å². The largest absolute Gasteiger partial charge is 0.303 e. The van der Waals surface area contributed by atoms with Crippen molar-refractivity contribution < 1.29 is 0 Å². The molecule has 1 nitrogen and oxygen atoms in total. The van der Waals surface area contributed by atoms with Gasteiger partial charge in [0.2, 0.25) is 0 Å². The molecule has 1 fully saturated rings. The molecule has 0 aromatic carbocycles. The number of rotatable bonds is 2. The van der Waals surface area contributed by atoms with E-state index in [2.05, 4.69) is 25.8 Å². The van der Waals surface area contributed by atoms with Crippen LogP contribution in [-0.4, -0.2) is 24.5 Å². The summed E-state index contributed by atoms with van der Waals surface area (Å²) < 4.78 is 0. The van der Waals surface area contributed by atoms with Crippen molar-refractivity contribution >= 4 is 0 Å². The van der Waals surface area contributed by atoms with Crippen LogP contribution in [-0.2, 0) is 0 Å². The van der Waals surface area contributed by atoms with Crippen molar-refractivity contribution in [2.24, 2.45) is 5.92 Å². The Balaban J connectivity index is 2.28. The van der Waals surface area contributed by atoms with E-state index >= 15 is 0 Å². The van der Waals surface area contributed by atoms with Crippen LogP contribution in [0.5, 0.6) is 0 Å². The van der Waals surface area contributed by atoms with Gasteiger partial charge in [-0.3, -0.25) is 0 Å². The Morgan fingerprint density at radius 3 is 2.64 bits per heavy atom. The van der Waals surface area contributed by atoms with E-state index in [0.29, 0.717) is 0 Å². The molecule has 0 aromatic rings. The van der Waals surface area contributed by atoms with E-state index in [1.165, 1.54) is 32.2 Å². The van der Waals surface area contributed by atoms with E-state index in [1.807, 2.05) is 0 Å². The van der Waals surface area contributed by atoms with Gasteiger partial charge in [-0.25, -0.2) is 0 Å². The standard InChI is InChI=1S/C10H21N/c1-4-5-10-7-6-9(2)11(3)8-10/h9-10H,4-8H2,1-3H3/t9-,10?/m0/s1. The highest BCUT2D eigenvalue weighted by molar-refractivity contribution is 4.75. The molecule has 1 aliphatic heterocycles. The lowest BCUT2D eigenvalue weighted by molar-refractivity contribution is 0.144. The SMILES string of the molecule is CCCC1CC[C@H](C)N(C)C1. The van der Waals surface area contributed by atoms with Gasteiger partial charge in [-0.05, 0) is 39.2 Å². The second-order valence-corrected chi connectivity index (χ2v) is 4.02. The summed E-state index contributed by atoms with van der Waals surface area (Å²) in [6.07, 6.45) is 5.64. The molecule has 1 aliphatic rings. The molecule has 1 saturated heterocycles. The normalized spacial score (nSPS) is 34.1. The highest BCUT2D eigenvalue weighted by atomic mass is 15.1. The first kappa shape index (κ1) is 9.05. The fraction of sp³-hybridized carbons (Fsp3) is 1.00. The average molecular weight is 155 g/mol. The molecule has 11 heavy (non-hydrogen) atoms. The molecular formula is C10H21N. The maximum Gasteiger partial charge on any atom is 0.00641 e. The Morgan fingerprint density at radius 2 is 2.09 bits per heavy atom. The molecule has 0 bridgehead atoms. The van der Waals surface area contributed by atoms with Crippen LogP contribution in [0.2, 0.25) is 0 Å². The zero-order chi connectivity index (χ0) is 8.27. The van der Waals surface area contributed by atoms with Crippen molar-refractivity contribution in [3.05, 3.63) is 0 Å². The Hall–Kier alpha value is -0.0400. The number of likely N-dealkylation sites (tertiary alicyclic amines) is 1. The Morgan fingerprint density at radius 1 is 1.36 bits per heavy atom. The minimum atomic E-state index is 0.822. The molecule has 0 amide bonds. The summed E-state index contributed by atoms with van der Waals surface area (Å²) >= 11 is 0. The van der Waals surface area contributed by atoms with E-state index < -0.39 is 0 Å². The summed E-state index contributed by atoms with van der Waals surface area (Å²) in [4.78, 5) is 2.50. The van der Waals surface area contributed by atoms with Gasteiger partial charge in [-0.15, -0.1) is 0 Å². The molecule has 0 N–H and O–H groups in total. The second-order valence-electron chi connectivity index (χ2n) is 4.02. The monoisotopic (exact) mass is 155 g/mol. The lowest BCUT2D eigenvalue weighted by Gasteiger charge is -2.35. The molecule has 1 unspecified atom stereocenters. The van der Waals surface area contributed by atoms with Crippen LogP contribution in [0.25, 0.3) is 0 Å². The maximum atomic E-state index is 2.50. The minimum absolute atomic E-state index is 0.822. The summed E-state index contributed by atoms with van der Waals surface area (Å²) in [5, 5.41) is 0. The summed E-state index contributed by atoms with van der Waals surface area (Å²) in [6, 6.07) is 0.822. The molecule has 1 heterocycles. The van der Waals surface area contributed by atoms with Gasteiger partial charge in [0.1, 0.15) is 0 Å². The molecule has 1 heteroatoms. The Labute approximate surface area is 70.8 Å². The maximum absolute atomic E-state index is 2.50. The summed E-state index contributed by atoms with van der Waals surface area (Å²) in [7, 11) is 2.26. The highest BCUT2D eigenvalue weighted by Crippen LogP contribution is 2.23. The van der Waals surface area contributed by atoms with Crippen LogP contribution in [0.15, 0.2) is 0 Å². The average Bonchev–Trinajstić information content (AvgIpc) is 1.98. The minimum Gasteiger partial charge on any atom is -0.303 e. The molecule has 0 aromatic heterocycles. The van der Waals surface area contributed by atoms with Crippen molar-refractivity contribution in [2.45, 2.75) is 45.6 Å². The van der Waals surface area contributed by atoms with E-state index in [9.17, 15) is 0 Å². The van der Waals surface area contributed by atoms with Crippen molar-refractivity contribution in [2.75, 3.05) is 13.6 Å². The summed E-state index contributed by atoms with van der Waals surface area (Å²) in [6.45, 7) is 5.95. The molecule has 2 atom stereocenters. The molecule has 0 saturated carbocycles. The third-order valence-corrected chi connectivity index (χ3v) is 2.99. The predicted molar refractivity (Wildman–Crippen MR) is 49.7 cm³/mol. The van der Waals surface area contributed by atoms with Gasteiger partial charge >= 0.3 is 0 Å². The van der Waals surface area contributed by atoms with E-state index in [1.54, 1.807) is 0 Å². The zero-order valence-corrected chi connectivity index (χ0v) is 8.14. The van der Waals surface area contributed by atoms with Crippen LogP contribution >= 0.6 is 0 Å². The van der Waals surface area contributed by atoms with Gasteiger partial charge < -0.3 is 4.90 Å². The number of nitrogens with zero attached hydrogens (tertiary/aromatic N) is 1. The van der Waals surface area contributed by atoms with Gasteiger partial charge in [-0.2, -0.15) is 0 Å². The van der Waals surface area contributed by atoms with Crippen molar-refractivity contribution in [1.82, 2.24) is 4.90 Å². The first-order valence-corrected chi connectivity index (χ1v) is 4.94. The fourth-order valence-corrected chi connectivity index (χ4v) is 2.02. The Bertz CT molecular complexity index is 111. The van der Waals surface area contributed by atoms with Crippen LogP contribution in [0.1, 0.15) is 39.5 Å². The molecule has 1 rings (SSSR count). The van der Waals surface area contributed by atoms with Crippen molar-refractivity contribution in [3.63, 3.8) is 0 Å². The van der Waals surface area contributed by atoms with E-state index in [-0.39, 0.29) is 0 Å². The van der Waals surface area contributed by atoms with Gasteiger partial charge in [-0.1, -0.05) is 13.3 Å². The van der Waals surface area contributed by atoms with Crippen LogP contribution in [0.3, 0.4) is 0 Å². The number of piperidine rings is 1. The molecule has 66 valence electrons. The van der Waals surface area contributed by atoms with E-state index in [4.69, 9.17) is 0 Å². The van der Waals surface area contributed by atoms with Crippen LogP contribution in [0, 0.1) is 5.92 Å². The smallest absolute Gasteiger partial charge is 0.00641 e. The first-order chi connectivity index (χ1) is 5.24. The van der Waals surface area contributed by atoms with Gasteiger partial charge in [0, 0.05) is 12.6 Å². The predicted octanol–water partition coefficient (Wildman–Crippen LogP) is 2.52. The molecule has 0 aliphatic carbocycles. The number of hydrogen-bond donors (Lipinski definition) is 0. The third-order valence-electron chi connectivity index (χ3n) is 2.99. The molecule has 0 radical (unpaired) electrons.